The van der Waals surface area contributed by atoms with Crippen molar-refractivity contribution in [2.75, 3.05) is 12.3 Å². The normalized spacial score (nSPS) is 17.3. The van der Waals surface area contributed by atoms with Crippen molar-refractivity contribution >= 4 is 35.1 Å². The van der Waals surface area contributed by atoms with E-state index in [0.717, 1.165) is 16.8 Å². The Kier molecular flexibility index (Phi) is 4.73. The maximum Gasteiger partial charge on any atom is 0.319 e. The highest BCUT2D eigenvalue weighted by Crippen LogP contribution is 2.33. The van der Waals surface area contributed by atoms with Gasteiger partial charge >= 0.3 is 5.97 Å². The molecule has 1 aliphatic rings. The van der Waals surface area contributed by atoms with Crippen LogP contribution in [0.3, 0.4) is 0 Å². The van der Waals surface area contributed by atoms with Gasteiger partial charge < -0.3 is 10.5 Å². The molecule has 0 spiro atoms. The fourth-order valence-corrected chi connectivity index (χ4v) is 3.53. The van der Waals surface area contributed by atoms with Gasteiger partial charge in [-0.2, -0.15) is 0 Å². The molecule has 2 aromatic rings. The van der Waals surface area contributed by atoms with Gasteiger partial charge in [-0.3, -0.25) is 4.79 Å². The molecule has 0 aliphatic carbocycles. The van der Waals surface area contributed by atoms with Crippen LogP contribution in [0.1, 0.15) is 19.0 Å². The Hall–Kier alpha value is -1.79. The van der Waals surface area contributed by atoms with Crippen LogP contribution in [0.4, 0.5) is 5.82 Å². The van der Waals surface area contributed by atoms with Crippen LogP contribution in [-0.4, -0.2) is 27.8 Å². The topological polar surface area (TPSA) is 78.1 Å². The number of carbonyl (C=O) groups is 1. The maximum absolute atomic E-state index is 11.6. The number of hydrogen-bond acceptors (Lipinski definition) is 6. The number of anilines is 1. The fraction of sp³-hybridized carbons (Fsp3) is 0.312. The van der Waals surface area contributed by atoms with Gasteiger partial charge in [0.15, 0.2) is 5.16 Å². The molecule has 7 heteroatoms. The van der Waals surface area contributed by atoms with E-state index in [1.54, 1.807) is 0 Å². The number of rotatable bonds is 4. The van der Waals surface area contributed by atoms with Crippen molar-refractivity contribution in [3.05, 3.63) is 35.0 Å². The average Bonchev–Trinajstić information content (AvgIpc) is 2.93. The number of aryl methyl sites for hydroxylation is 1. The Bertz CT molecular complexity index is 737. The zero-order valence-electron chi connectivity index (χ0n) is 12.6. The molecule has 5 nitrogen and oxygen atoms in total. The second-order valence-electron chi connectivity index (χ2n) is 5.14. The Morgan fingerprint density at radius 3 is 2.70 bits per heavy atom. The highest BCUT2D eigenvalue weighted by molar-refractivity contribution is 8.00. The second kappa shape index (κ2) is 6.76. The van der Waals surface area contributed by atoms with E-state index in [0.29, 0.717) is 35.4 Å². The average molecular weight is 350 g/mol. The molecule has 2 N–H and O–H groups in total. The van der Waals surface area contributed by atoms with Gasteiger partial charge in [-0.25, -0.2) is 9.97 Å². The lowest BCUT2D eigenvalue weighted by Gasteiger charge is -2.13. The van der Waals surface area contributed by atoms with E-state index in [4.69, 9.17) is 22.1 Å². The van der Waals surface area contributed by atoms with Crippen molar-refractivity contribution < 1.29 is 9.53 Å². The number of ether oxygens (including phenoxy) is 1. The summed E-state index contributed by atoms with van der Waals surface area (Å²) in [7, 11) is 0. The van der Waals surface area contributed by atoms with Crippen molar-refractivity contribution in [3.8, 4) is 11.1 Å². The third kappa shape index (κ3) is 3.43. The molecule has 1 saturated heterocycles. The van der Waals surface area contributed by atoms with E-state index in [9.17, 15) is 4.79 Å². The Balaban J connectivity index is 1.95. The van der Waals surface area contributed by atoms with Gasteiger partial charge in [0.2, 0.25) is 0 Å². The summed E-state index contributed by atoms with van der Waals surface area (Å²) in [6.07, 6.45) is 1.39. The molecule has 2 heterocycles. The van der Waals surface area contributed by atoms with Crippen LogP contribution in [0.25, 0.3) is 11.1 Å². The number of hydrogen-bond donors (Lipinski definition) is 1. The van der Waals surface area contributed by atoms with Crippen LogP contribution in [0.5, 0.6) is 0 Å². The predicted molar refractivity (Wildman–Crippen MR) is 91.5 cm³/mol. The van der Waals surface area contributed by atoms with Crippen LogP contribution < -0.4 is 5.73 Å². The molecule has 3 rings (SSSR count). The molecule has 23 heavy (non-hydrogen) atoms. The molecule has 1 atom stereocenters. The molecule has 1 unspecified atom stereocenters. The number of nitrogens with two attached hydrogens (primary N) is 1. The molecule has 1 aromatic heterocycles. The molecular weight excluding hydrogens is 334 g/mol. The Labute approximate surface area is 143 Å². The number of nitrogen functional groups attached to an aromatic ring is 1. The number of cyclic esters (lactones) is 1. The van der Waals surface area contributed by atoms with Gasteiger partial charge in [-0.05, 0) is 24.1 Å². The lowest BCUT2D eigenvalue weighted by atomic mass is 10.0. The minimum Gasteiger partial charge on any atom is -0.465 e. The summed E-state index contributed by atoms with van der Waals surface area (Å²) in [5.41, 5.74) is 8.77. The molecule has 0 radical (unpaired) electrons. The first-order valence-corrected chi connectivity index (χ1v) is 8.60. The molecule has 0 saturated carbocycles. The fourth-order valence-electron chi connectivity index (χ4n) is 2.45. The smallest absolute Gasteiger partial charge is 0.319 e. The molecule has 120 valence electrons. The summed E-state index contributed by atoms with van der Waals surface area (Å²) in [4.78, 5) is 20.5. The molecular formula is C16H16ClN3O2S. The molecule has 1 aromatic carbocycles. The first kappa shape index (κ1) is 16.1. The van der Waals surface area contributed by atoms with E-state index in [1.807, 2.05) is 31.2 Å². The van der Waals surface area contributed by atoms with Crippen LogP contribution in [0.15, 0.2) is 29.4 Å². The zero-order valence-corrected chi connectivity index (χ0v) is 14.2. The van der Waals surface area contributed by atoms with E-state index in [-0.39, 0.29) is 11.2 Å². The summed E-state index contributed by atoms with van der Waals surface area (Å²) < 4.78 is 4.97. The van der Waals surface area contributed by atoms with Crippen LogP contribution in [0, 0.1) is 0 Å². The van der Waals surface area contributed by atoms with E-state index < -0.39 is 0 Å². The molecule has 1 aliphatic heterocycles. The first-order chi connectivity index (χ1) is 11.1. The van der Waals surface area contributed by atoms with Crippen molar-refractivity contribution in [2.45, 2.75) is 30.2 Å². The zero-order chi connectivity index (χ0) is 16.4. The summed E-state index contributed by atoms with van der Waals surface area (Å²) >= 11 is 7.25. The van der Waals surface area contributed by atoms with E-state index in [2.05, 4.69) is 9.97 Å². The molecule has 1 fully saturated rings. The van der Waals surface area contributed by atoms with Crippen LogP contribution >= 0.6 is 23.4 Å². The maximum atomic E-state index is 11.6. The van der Waals surface area contributed by atoms with Crippen molar-refractivity contribution in [1.29, 1.82) is 0 Å². The van der Waals surface area contributed by atoms with Crippen molar-refractivity contribution in [2.24, 2.45) is 0 Å². The Morgan fingerprint density at radius 1 is 1.35 bits per heavy atom. The SMILES string of the molecule is CCc1nc(SC2CCOC2=O)nc(N)c1-c1ccc(Cl)cc1. The second-order valence-corrected chi connectivity index (χ2v) is 6.74. The third-order valence-corrected chi connectivity index (χ3v) is 4.95. The lowest BCUT2D eigenvalue weighted by Crippen LogP contribution is -2.11. The Morgan fingerprint density at radius 2 is 2.09 bits per heavy atom. The summed E-state index contributed by atoms with van der Waals surface area (Å²) in [6, 6.07) is 7.43. The largest absolute Gasteiger partial charge is 0.465 e. The van der Waals surface area contributed by atoms with E-state index in [1.165, 1.54) is 11.8 Å². The lowest BCUT2D eigenvalue weighted by molar-refractivity contribution is -0.137. The van der Waals surface area contributed by atoms with Gasteiger partial charge in [0, 0.05) is 17.0 Å². The van der Waals surface area contributed by atoms with Crippen molar-refractivity contribution in [1.82, 2.24) is 9.97 Å². The highest BCUT2D eigenvalue weighted by atomic mass is 35.5. The van der Waals surface area contributed by atoms with E-state index >= 15 is 0 Å². The predicted octanol–water partition coefficient (Wildman–Crippen LogP) is 3.35. The quantitative estimate of drug-likeness (QED) is 0.673. The third-order valence-electron chi connectivity index (χ3n) is 3.59. The number of nitrogens with zero attached hydrogens (tertiary/aromatic N) is 2. The van der Waals surface area contributed by atoms with Crippen molar-refractivity contribution in [3.63, 3.8) is 0 Å². The number of benzene rings is 1. The van der Waals surface area contributed by atoms with Gasteiger partial charge in [-0.1, -0.05) is 42.4 Å². The monoisotopic (exact) mass is 349 g/mol. The van der Waals surface area contributed by atoms with Crippen LogP contribution in [-0.2, 0) is 16.0 Å². The first-order valence-electron chi connectivity index (χ1n) is 7.34. The van der Waals surface area contributed by atoms with Gasteiger partial charge in [-0.15, -0.1) is 0 Å². The van der Waals surface area contributed by atoms with Crippen LogP contribution in [0.2, 0.25) is 5.02 Å². The molecule has 0 bridgehead atoms. The number of thioether (sulfide) groups is 1. The van der Waals surface area contributed by atoms with Gasteiger partial charge in [0.05, 0.1) is 12.3 Å². The number of esters is 1. The standard InChI is InChI=1S/C16H16ClN3O2S/c1-2-11-13(9-3-5-10(17)6-4-9)14(18)20-16(19-11)23-12-7-8-22-15(12)21/h3-6,12H,2,7-8H2,1H3,(H2,18,19,20). The van der Waals surface area contributed by atoms with Gasteiger partial charge in [0.25, 0.3) is 0 Å². The number of carbonyl (C=O) groups excluding carboxylic acids is 1. The number of halogens is 1. The highest BCUT2D eigenvalue weighted by Gasteiger charge is 2.29. The minimum atomic E-state index is -0.250. The summed E-state index contributed by atoms with van der Waals surface area (Å²) in [5, 5.41) is 0.930. The summed E-state index contributed by atoms with van der Waals surface area (Å²) in [5.74, 6) is 0.199. The molecule has 0 amide bonds. The minimum absolute atomic E-state index is 0.211. The number of aromatic nitrogens is 2. The summed E-state index contributed by atoms with van der Waals surface area (Å²) in [6.45, 7) is 2.47. The van der Waals surface area contributed by atoms with Gasteiger partial charge in [0.1, 0.15) is 11.1 Å².